The van der Waals surface area contributed by atoms with Crippen LogP contribution in [0.1, 0.15) is 109 Å². The summed E-state index contributed by atoms with van der Waals surface area (Å²) in [5.41, 5.74) is 9.12. The van der Waals surface area contributed by atoms with Gasteiger partial charge in [-0.2, -0.15) is 5.10 Å². The number of nitrogens with zero attached hydrogens (tertiary/aromatic N) is 1. The maximum Gasteiger partial charge on any atom is 0.407 e. The van der Waals surface area contributed by atoms with Crippen LogP contribution in [0.3, 0.4) is 0 Å². The van der Waals surface area contributed by atoms with E-state index in [-0.39, 0.29) is 48.3 Å². The summed E-state index contributed by atoms with van der Waals surface area (Å²) in [4.78, 5) is 49.3. The fourth-order valence-electron chi connectivity index (χ4n) is 9.58. The molecule has 0 bridgehead atoms. The predicted molar refractivity (Wildman–Crippen MR) is 270 cm³/mol. The molecule has 4 aliphatic rings. The van der Waals surface area contributed by atoms with E-state index in [0.717, 1.165) is 42.6 Å². The number of esters is 1. The van der Waals surface area contributed by atoms with Gasteiger partial charge in [-0.15, -0.1) is 0 Å². The van der Waals surface area contributed by atoms with Crippen LogP contribution in [0.15, 0.2) is 114 Å². The molecule has 15 heteroatoms. The molecule has 3 amide bonds. The topological polar surface area (TPSA) is 196 Å². The highest BCUT2D eigenvalue weighted by molar-refractivity contribution is 5.99. The number of ether oxygens (including phenoxy) is 6. The molecule has 0 aromatic heterocycles. The van der Waals surface area contributed by atoms with Gasteiger partial charge in [0.2, 0.25) is 11.8 Å². The number of nitrogens with one attached hydrogen (secondary N) is 3. The largest absolute Gasteiger partial charge is 0.494 e. The van der Waals surface area contributed by atoms with E-state index >= 15 is 0 Å². The molecule has 0 radical (unpaired) electrons. The molecule has 1 aliphatic carbocycles. The molecular weight excluding hydrogens is 905 g/mol. The first kappa shape index (κ1) is 52.7. The van der Waals surface area contributed by atoms with Crippen molar-refractivity contribution in [2.45, 2.75) is 141 Å². The summed E-state index contributed by atoms with van der Waals surface area (Å²) >= 11 is 0. The van der Waals surface area contributed by atoms with Crippen molar-refractivity contribution in [3.8, 4) is 16.9 Å². The van der Waals surface area contributed by atoms with E-state index in [0.29, 0.717) is 44.9 Å². The maximum atomic E-state index is 13.1. The molecule has 71 heavy (non-hydrogen) atoms. The Bertz CT molecular complexity index is 2400. The first-order valence-electron chi connectivity index (χ1n) is 25.0. The van der Waals surface area contributed by atoms with Crippen molar-refractivity contribution < 1.29 is 52.7 Å². The molecule has 380 valence electrons. The quantitative estimate of drug-likeness (QED) is 0.0154. The standard InChI is InChI=1S/C56H70N4O11/c1-35(18-25-50-36(2)30-49(39(5)70-50)58-52(62)27-20-37(3)69-40(6)61)19-26-51-54(64)56(34-68-56)32-43(71-51)31-53(63)60-59-38(4)41-21-23-42(24-22-41)66-29-13-7-12-28-57-55(65)67-33-48-46-16-10-8-14-44(46)45-15-9-11-17-47(45)48/h8-11,14-24,26-27,36-37,39,43,48-51,54,64H,7,12-13,25,28-34H2,1-6H3,(H,57,65)(H,58,62)(H,60,63)/b26-19+,27-20-,35-18+,59-38+/t36-,37-,39+,43+,49+,50-,51+,54+,56+/m0/s1. The van der Waals surface area contributed by atoms with Gasteiger partial charge in [0.05, 0.1) is 49.7 Å². The van der Waals surface area contributed by atoms with E-state index < -0.39 is 42.1 Å². The molecule has 3 aliphatic heterocycles. The molecular formula is C56H70N4O11. The van der Waals surface area contributed by atoms with Gasteiger partial charge in [-0.05, 0) is 124 Å². The van der Waals surface area contributed by atoms with Gasteiger partial charge in [0.1, 0.15) is 36.3 Å². The molecule has 3 saturated heterocycles. The number of fused-ring (bicyclic) bond motifs is 3. The number of aliphatic hydroxyl groups is 1. The second-order valence-electron chi connectivity index (χ2n) is 19.3. The van der Waals surface area contributed by atoms with Gasteiger partial charge in [0.15, 0.2) is 0 Å². The molecule has 4 N–H and O–H groups in total. The number of aliphatic hydroxyl groups excluding tert-OH is 1. The Hall–Kier alpha value is -6.13. The molecule has 9 atom stereocenters. The van der Waals surface area contributed by atoms with Crippen LogP contribution in [0, 0.1) is 5.92 Å². The normalized spacial score (nSPS) is 25.6. The summed E-state index contributed by atoms with van der Waals surface area (Å²) < 4.78 is 35.0. The molecule has 3 heterocycles. The van der Waals surface area contributed by atoms with Gasteiger partial charge >= 0.3 is 12.1 Å². The Morgan fingerprint density at radius 3 is 2.31 bits per heavy atom. The van der Waals surface area contributed by atoms with Crippen molar-refractivity contribution in [2.75, 3.05) is 26.4 Å². The van der Waals surface area contributed by atoms with E-state index in [1.54, 1.807) is 13.0 Å². The Balaban J connectivity index is 0.774. The molecule has 1 spiro atoms. The second kappa shape index (κ2) is 24.8. The van der Waals surface area contributed by atoms with E-state index in [2.05, 4.69) is 58.4 Å². The Morgan fingerprint density at radius 2 is 1.62 bits per heavy atom. The van der Waals surface area contributed by atoms with E-state index in [1.165, 1.54) is 35.3 Å². The number of rotatable bonds is 21. The van der Waals surface area contributed by atoms with Gasteiger partial charge in [0.25, 0.3) is 0 Å². The molecule has 0 saturated carbocycles. The van der Waals surface area contributed by atoms with Gasteiger partial charge in [0, 0.05) is 31.9 Å². The zero-order valence-electron chi connectivity index (χ0n) is 41.8. The first-order chi connectivity index (χ1) is 34.2. The number of alkyl carbamates (subject to hydrolysis) is 1. The number of carbonyl (C=O) groups is 4. The van der Waals surface area contributed by atoms with Gasteiger partial charge in [-0.25, -0.2) is 10.2 Å². The molecule has 15 nitrogen and oxygen atoms in total. The van der Waals surface area contributed by atoms with Crippen LogP contribution in [-0.2, 0) is 38.1 Å². The summed E-state index contributed by atoms with van der Waals surface area (Å²) in [7, 11) is 0. The van der Waals surface area contributed by atoms with Crippen LogP contribution < -0.4 is 20.8 Å². The lowest BCUT2D eigenvalue weighted by Crippen LogP contribution is -2.50. The minimum Gasteiger partial charge on any atom is -0.494 e. The van der Waals surface area contributed by atoms with Crippen molar-refractivity contribution in [3.05, 3.63) is 125 Å². The summed E-state index contributed by atoms with van der Waals surface area (Å²) in [6.45, 7) is 12.6. The maximum absolute atomic E-state index is 13.1. The predicted octanol–water partition coefficient (Wildman–Crippen LogP) is 7.99. The number of hydrogen-bond acceptors (Lipinski definition) is 12. The van der Waals surface area contributed by atoms with Gasteiger partial charge < -0.3 is 44.2 Å². The van der Waals surface area contributed by atoms with Crippen LogP contribution in [0.4, 0.5) is 4.79 Å². The highest BCUT2D eigenvalue weighted by atomic mass is 16.6. The summed E-state index contributed by atoms with van der Waals surface area (Å²) in [6.07, 6.45) is 9.96. The summed E-state index contributed by atoms with van der Waals surface area (Å²) in [5, 5.41) is 21.4. The SMILES string of the molecule is CC(=O)O[C@@H](C)/C=C\C(=O)N[C@@H]1C[C@H](C)[C@H](C/C=C(C)/C=C/[C@H]2O[C@H](CC(=O)N/N=C(\C)c3ccc(OCCCCCNC(=O)OCC4c5ccccc5-c5ccccc54)cc3)C[C@@]3(CO3)[C@@H]2O)O[C@@H]1C. The molecule has 0 unspecified atom stereocenters. The Kier molecular flexibility index (Phi) is 18.4. The minimum atomic E-state index is -0.876. The molecule has 3 fully saturated rings. The third-order valence-electron chi connectivity index (χ3n) is 13.7. The Labute approximate surface area is 417 Å². The average Bonchev–Trinajstić information content (AvgIpc) is 4.05. The summed E-state index contributed by atoms with van der Waals surface area (Å²) in [5.74, 6) is -0.0429. The fraction of sp³-hybridized carbons (Fsp3) is 0.482. The smallest absolute Gasteiger partial charge is 0.407 e. The number of allylic oxidation sites excluding steroid dienone is 2. The van der Waals surface area contributed by atoms with Crippen LogP contribution in [0.5, 0.6) is 5.75 Å². The zero-order valence-corrected chi connectivity index (χ0v) is 41.8. The monoisotopic (exact) mass is 975 g/mol. The average molecular weight is 975 g/mol. The number of amides is 3. The van der Waals surface area contributed by atoms with Crippen LogP contribution >= 0.6 is 0 Å². The lowest BCUT2D eigenvalue weighted by molar-refractivity contribution is -0.145. The third-order valence-corrected chi connectivity index (χ3v) is 13.7. The van der Waals surface area contributed by atoms with Crippen LogP contribution in [0.2, 0.25) is 0 Å². The van der Waals surface area contributed by atoms with E-state index in [4.69, 9.17) is 28.4 Å². The van der Waals surface area contributed by atoms with E-state index in [1.807, 2.05) is 81.5 Å². The van der Waals surface area contributed by atoms with Crippen molar-refractivity contribution in [2.24, 2.45) is 11.0 Å². The molecule has 3 aromatic rings. The van der Waals surface area contributed by atoms with Crippen molar-refractivity contribution >= 4 is 29.6 Å². The minimum absolute atomic E-state index is 0.0306. The Morgan fingerprint density at radius 1 is 0.915 bits per heavy atom. The zero-order chi connectivity index (χ0) is 50.5. The van der Waals surface area contributed by atoms with Crippen molar-refractivity contribution in [3.63, 3.8) is 0 Å². The van der Waals surface area contributed by atoms with E-state index in [9.17, 15) is 24.3 Å². The fourth-order valence-corrected chi connectivity index (χ4v) is 9.58. The number of carbonyl (C=O) groups excluding carboxylic acids is 4. The lowest BCUT2D eigenvalue weighted by Gasteiger charge is -2.39. The number of hydrogen-bond donors (Lipinski definition) is 4. The third kappa shape index (κ3) is 14.7. The van der Waals surface area contributed by atoms with Gasteiger partial charge in [-0.3, -0.25) is 14.4 Å². The van der Waals surface area contributed by atoms with Crippen molar-refractivity contribution in [1.82, 2.24) is 16.1 Å². The van der Waals surface area contributed by atoms with Crippen LogP contribution in [0.25, 0.3) is 11.1 Å². The van der Waals surface area contributed by atoms with Gasteiger partial charge in [-0.1, -0.05) is 79.3 Å². The highest BCUT2D eigenvalue weighted by Gasteiger charge is 2.58. The summed E-state index contributed by atoms with van der Waals surface area (Å²) in [6, 6.07) is 23.9. The molecule has 7 rings (SSSR count). The number of epoxide rings is 1. The number of unbranched alkanes of at least 4 members (excludes halogenated alkanes) is 2. The lowest BCUT2D eigenvalue weighted by atomic mass is 9.87. The molecule has 3 aromatic carbocycles. The first-order valence-corrected chi connectivity index (χ1v) is 25.0. The highest BCUT2D eigenvalue weighted by Crippen LogP contribution is 2.45. The van der Waals surface area contributed by atoms with Crippen molar-refractivity contribution in [1.29, 1.82) is 0 Å². The second-order valence-corrected chi connectivity index (χ2v) is 19.3. The number of benzene rings is 3. The van der Waals surface area contributed by atoms with Crippen LogP contribution in [-0.4, -0.2) is 109 Å². The number of hydrazone groups is 1.